The highest BCUT2D eigenvalue weighted by Crippen LogP contribution is 2.52. The Balaban J connectivity index is 1.11. The van der Waals surface area contributed by atoms with E-state index >= 15 is 0 Å². The van der Waals surface area contributed by atoms with Crippen molar-refractivity contribution < 1.29 is 8.83 Å². The van der Waals surface area contributed by atoms with Crippen LogP contribution in [-0.2, 0) is 0 Å². The Kier molecular flexibility index (Phi) is 7.36. The van der Waals surface area contributed by atoms with Crippen molar-refractivity contribution in [1.29, 1.82) is 0 Å². The van der Waals surface area contributed by atoms with E-state index < -0.39 is 0 Å². The van der Waals surface area contributed by atoms with Gasteiger partial charge in [0.15, 0.2) is 5.58 Å². The van der Waals surface area contributed by atoms with Crippen LogP contribution >= 0.6 is 0 Å². The van der Waals surface area contributed by atoms with E-state index in [1.807, 2.05) is 6.07 Å². The van der Waals surface area contributed by atoms with Gasteiger partial charge < -0.3 is 18.3 Å². The molecule has 0 aliphatic carbocycles. The molecular formula is C60H36N2O2. The fourth-order valence-corrected chi connectivity index (χ4v) is 10.5. The molecule has 4 heteroatoms. The predicted octanol–water partition coefficient (Wildman–Crippen LogP) is 17.0. The number of hydrogen-bond donors (Lipinski definition) is 0. The van der Waals surface area contributed by atoms with Crippen molar-refractivity contribution in [2.75, 3.05) is 4.90 Å². The number of hydrogen-bond acceptors (Lipinski definition) is 3. The molecule has 1 aliphatic rings. The van der Waals surface area contributed by atoms with Gasteiger partial charge in [0.2, 0.25) is 0 Å². The second-order valence-electron chi connectivity index (χ2n) is 16.8. The first kappa shape index (κ1) is 35.0. The van der Waals surface area contributed by atoms with Crippen LogP contribution in [0.2, 0.25) is 0 Å². The maximum atomic E-state index is 6.91. The van der Waals surface area contributed by atoms with Crippen LogP contribution in [0.3, 0.4) is 0 Å². The summed E-state index contributed by atoms with van der Waals surface area (Å²) in [5.41, 5.74) is 18.9. The van der Waals surface area contributed by atoms with E-state index in [4.69, 9.17) is 8.83 Å². The van der Waals surface area contributed by atoms with Crippen LogP contribution in [0.15, 0.2) is 227 Å². The Bertz CT molecular complexity index is 3960. The molecule has 3 aromatic heterocycles. The Morgan fingerprint density at radius 3 is 1.67 bits per heavy atom. The van der Waals surface area contributed by atoms with Crippen LogP contribution in [0.4, 0.5) is 17.1 Å². The molecule has 14 rings (SSSR count). The van der Waals surface area contributed by atoms with Crippen molar-refractivity contribution in [2.24, 2.45) is 0 Å². The second kappa shape index (κ2) is 13.4. The molecule has 10 aromatic carbocycles. The molecule has 0 unspecified atom stereocenters. The molecule has 4 heterocycles. The van der Waals surface area contributed by atoms with Crippen LogP contribution in [0.25, 0.3) is 116 Å². The van der Waals surface area contributed by atoms with E-state index in [0.717, 1.165) is 111 Å². The molecule has 0 bridgehead atoms. The van der Waals surface area contributed by atoms with E-state index in [2.05, 4.69) is 222 Å². The summed E-state index contributed by atoms with van der Waals surface area (Å²) in [6, 6.07) is 78.6. The van der Waals surface area contributed by atoms with Crippen molar-refractivity contribution in [3.8, 4) is 50.2 Å². The number of fused-ring (bicyclic) bond motifs is 15. The van der Waals surface area contributed by atoms with Gasteiger partial charge >= 0.3 is 0 Å². The monoisotopic (exact) mass is 816 g/mol. The number of para-hydroxylation sites is 5. The molecule has 298 valence electrons. The van der Waals surface area contributed by atoms with Crippen LogP contribution < -0.4 is 4.90 Å². The third kappa shape index (κ3) is 5.05. The summed E-state index contributed by atoms with van der Waals surface area (Å²) in [5.74, 6) is 0. The third-order valence-electron chi connectivity index (χ3n) is 13.3. The summed E-state index contributed by atoms with van der Waals surface area (Å²) in [6.45, 7) is 0. The van der Waals surface area contributed by atoms with Gasteiger partial charge in [0.25, 0.3) is 0 Å². The molecule has 0 N–H and O–H groups in total. The molecule has 0 amide bonds. The molecule has 0 fully saturated rings. The summed E-state index contributed by atoms with van der Waals surface area (Å²) in [6.07, 6.45) is 0. The molecule has 1 aliphatic heterocycles. The van der Waals surface area contributed by atoms with Gasteiger partial charge in [0, 0.05) is 60.4 Å². The molecule has 0 atom stereocenters. The second-order valence-corrected chi connectivity index (χ2v) is 16.8. The maximum absolute atomic E-state index is 6.91. The molecule has 64 heavy (non-hydrogen) atoms. The zero-order valence-electron chi connectivity index (χ0n) is 34.5. The van der Waals surface area contributed by atoms with Crippen molar-refractivity contribution in [3.63, 3.8) is 0 Å². The lowest BCUT2D eigenvalue weighted by Crippen LogP contribution is -2.11. The molecule has 0 spiro atoms. The number of benzene rings is 10. The van der Waals surface area contributed by atoms with Crippen LogP contribution in [-0.4, -0.2) is 4.57 Å². The van der Waals surface area contributed by atoms with Gasteiger partial charge in [-0.25, -0.2) is 0 Å². The quantitative estimate of drug-likeness (QED) is 0.174. The van der Waals surface area contributed by atoms with Crippen molar-refractivity contribution >= 4 is 82.7 Å². The molecule has 4 nitrogen and oxygen atoms in total. The minimum absolute atomic E-state index is 0.833. The Morgan fingerprint density at radius 1 is 0.344 bits per heavy atom. The highest BCUT2D eigenvalue weighted by Gasteiger charge is 2.29. The molecule has 0 saturated heterocycles. The summed E-state index contributed by atoms with van der Waals surface area (Å²) >= 11 is 0. The molecular weight excluding hydrogens is 781 g/mol. The number of rotatable bonds is 5. The predicted molar refractivity (Wildman–Crippen MR) is 265 cm³/mol. The first-order chi connectivity index (χ1) is 31.7. The maximum Gasteiger partial charge on any atom is 0.159 e. The van der Waals surface area contributed by atoms with Crippen molar-refractivity contribution in [3.05, 3.63) is 218 Å². The van der Waals surface area contributed by atoms with Gasteiger partial charge in [-0.05, 0) is 94.5 Å². The fourth-order valence-electron chi connectivity index (χ4n) is 10.5. The smallest absolute Gasteiger partial charge is 0.159 e. The Hall–Kier alpha value is -8.60. The number of aromatic nitrogens is 1. The summed E-state index contributed by atoms with van der Waals surface area (Å²) in [5, 5.41) is 6.83. The van der Waals surface area contributed by atoms with Gasteiger partial charge in [0.05, 0.1) is 22.4 Å². The Morgan fingerprint density at radius 2 is 0.938 bits per heavy atom. The minimum Gasteiger partial charge on any atom is -0.455 e. The normalized spacial score (nSPS) is 12.1. The topological polar surface area (TPSA) is 34.5 Å². The first-order valence-corrected chi connectivity index (χ1v) is 21.8. The summed E-state index contributed by atoms with van der Waals surface area (Å²) in [4.78, 5) is 2.39. The van der Waals surface area contributed by atoms with Crippen molar-refractivity contribution in [2.45, 2.75) is 0 Å². The lowest BCUT2D eigenvalue weighted by Gasteiger charge is -2.28. The highest BCUT2D eigenvalue weighted by atomic mass is 16.3. The largest absolute Gasteiger partial charge is 0.455 e. The van der Waals surface area contributed by atoms with Crippen LogP contribution in [0.5, 0.6) is 0 Å². The number of nitrogens with zero attached hydrogens (tertiary/aromatic N) is 2. The zero-order valence-corrected chi connectivity index (χ0v) is 34.5. The number of anilines is 3. The average Bonchev–Trinajstić information content (AvgIpc) is 4.02. The molecule has 0 saturated carbocycles. The third-order valence-corrected chi connectivity index (χ3v) is 13.3. The standard InChI is InChI=1S/C60H36N2O2/c1-3-15-37(16-4-1)39-33-40(38-17-5-2-6-18-38)35-42(34-39)61(54-26-14-23-48-44-20-8-11-27-55(44)63-59(48)54)41-29-32-53-51(36-41)46-30-31-49-45-21-9-12-28-56(45)64-60(49)57(46)50-24-13-22-47-43-19-7-10-25-52(43)62(53)58(47)50/h1-36H. The van der Waals surface area contributed by atoms with E-state index in [0.29, 0.717) is 0 Å². The number of furan rings is 2. The lowest BCUT2D eigenvalue weighted by molar-refractivity contribution is 0.669. The van der Waals surface area contributed by atoms with E-state index in [-0.39, 0.29) is 0 Å². The first-order valence-electron chi connectivity index (χ1n) is 21.8. The molecule has 0 radical (unpaired) electrons. The van der Waals surface area contributed by atoms with Gasteiger partial charge in [0.1, 0.15) is 16.7 Å². The van der Waals surface area contributed by atoms with Gasteiger partial charge in [-0.2, -0.15) is 0 Å². The van der Waals surface area contributed by atoms with E-state index in [1.165, 1.54) is 21.8 Å². The summed E-state index contributed by atoms with van der Waals surface area (Å²) in [7, 11) is 0. The SMILES string of the molecule is c1ccc(-c2cc(-c3ccccc3)cc(N(c3ccc4c(c3)-c3ccc5c(oc6ccccc65)c3-c3cccc5c6ccccc6n-4c35)c3cccc4c3oc3ccccc34)c2)cc1. The Labute approximate surface area is 368 Å². The van der Waals surface area contributed by atoms with Crippen LogP contribution in [0.1, 0.15) is 0 Å². The summed E-state index contributed by atoms with van der Waals surface area (Å²) < 4.78 is 16.3. The van der Waals surface area contributed by atoms with E-state index in [9.17, 15) is 0 Å². The van der Waals surface area contributed by atoms with Gasteiger partial charge in [-0.3, -0.25) is 0 Å². The fraction of sp³-hybridized carbons (Fsp3) is 0. The van der Waals surface area contributed by atoms with Crippen molar-refractivity contribution in [1.82, 2.24) is 4.57 Å². The zero-order chi connectivity index (χ0) is 41.9. The lowest BCUT2D eigenvalue weighted by atomic mass is 9.91. The highest BCUT2D eigenvalue weighted by molar-refractivity contribution is 6.21. The van der Waals surface area contributed by atoms with Gasteiger partial charge in [-0.1, -0.05) is 152 Å². The average molecular weight is 817 g/mol. The van der Waals surface area contributed by atoms with Crippen LogP contribution in [0, 0.1) is 0 Å². The minimum atomic E-state index is 0.833. The van der Waals surface area contributed by atoms with E-state index in [1.54, 1.807) is 0 Å². The molecule has 13 aromatic rings. The van der Waals surface area contributed by atoms with Gasteiger partial charge in [-0.15, -0.1) is 0 Å².